The minimum atomic E-state index is -0.144. The molecular formula is C15H19FN2S. The summed E-state index contributed by atoms with van der Waals surface area (Å²) in [6.07, 6.45) is 2.96. The van der Waals surface area contributed by atoms with E-state index in [1.165, 1.54) is 4.88 Å². The number of thiazole rings is 1. The molecule has 0 fully saturated rings. The Kier molecular flexibility index (Phi) is 4.66. The molecule has 2 aromatic rings. The van der Waals surface area contributed by atoms with Gasteiger partial charge in [-0.15, -0.1) is 11.3 Å². The monoisotopic (exact) mass is 278 g/mol. The summed E-state index contributed by atoms with van der Waals surface area (Å²) in [4.78, 5) is 5.71. The topological polar surface area (TPSA) is 24.9 Å². The Morgan fingerprint density at radius 1 is 1.42 bits per heavy atom. The number of nitrogens with zero attached hydrogens (tertiary/aromatic N) is 1. The summed E-state index contributed by atoms with van der Waals surface area (Å²) in [5.41, 5.74) is 1.64. The van der Waals surface area contributed by atoms with Crippen LogP contribution in [0.4, 0.5) is 4.39 Å². The highest BCUT2D eigenvalue weighted by Gasteiger charge is 2.09. The number of hydrogen-bond donors (Lipinski definition) is 1. The summed E-state index contributed by atoms with van der Waals surface area (Å²) >= 11 is 1.73. The third kappa shape index (κ3) is 3.61. The average Bonchev–Trinajstić information content (AvgIpc) is 2.88. The van der Waals surface area contributed by atoms with Crippen molar-refractivity contribution in [2.75, 3.05) is 0 Å². The second kappa shape index (κ2) is 6.26. The molecule has 0 saturated carbocycles. The molecule has 1 unspecified atom stereocenters. The number of hydrogen-bond acceptors (Lipinski definition) is 3. The molecule has 0 aliphatic rings. The number of rotatable bonds is 5. The Morgan fingerprint density at radius 3 is 2.84 bits per heavy atom. The third-order valence-corrected chi connectivity index (χ3v) is 4.46. The fraction of sp³-hybridized carbons (Fsp3) is 0.400. The zero-order valence-electron chi connectivity index (χ0n) is 11.5. The molecule has 2 rings (SSSR count). The van der Waals surface area contributed by atoms with Gasteiger partial charge in [0.2, 0.25) is 0 Å². The first-order valence-corrected chi connectivity index (χ1v) is 7.34. The van der Waals surface area contributed by atoms with Gasteiger partial charge in [0.15, 0.2) is 0 Å². The summed E-state index contributed by atoms with van der Waals surface area (Å²) in [5.74, 6) is -0.144. The van der Waals surface area contributed by atoms with E-state index in [1.54, 1.807) is 24.3 Å². The lowest BCUT2D eigenvalue weighted by atomic mass is 10.1. The standard InChI is InChI=1S/C15H19FN2S/c1-4-13-9-18-15(19-13)11(3)17-8-12-6-5-10(2)14(16)7-12/h5-7,9,11,17H,4,8H2,1-3H3. The van der Waals surface area contributed by atoms with Gasteiger partial charge < -0.3 is 5.32 Å². The van der Waals surface area contributed by atoms with E-state index in [4.69, 9.17) is 0 Å². The van der Waals surface area contributed by atoms with Crippen LogP contribution in [0.25, 0.3) is 0 Å². The van der Waals surface area contributed by atoms with Crippen LogP contribution in [0.1, 0.15) is 40.9 Å². The van der Waals surface area contributed by atoms with Crippen molar-refractivity contribution in [2.24, 2.45) is 0 Å². The molecule has 0 amide bonds. The molecule has 4 heteroatoms. The summed E-state index contributed by atoms with van der Waals surface area (Å²) in [5, 5.41) is 4.47. The molecule has 0 bridgehead atoms. The van der Waals surface area contributed by atoms with Crippen LogP contribution in [0.15, 0.2) is 24.4 Å². The van der Waals surface area contributed by atoms with Crippen molar-refractivity contribution in [1.29, 1.82) is 0 Å². The first-order valence-electron chi connectivity index (χ1n) is 6.53. The second-order valence-corrected chi connectivity index (χ2v) is 5.85. The van der Waals surface area contributed by atoms with E-state index in [0.29, 0.717) is 12.1 Å². The molecule has 0 aliphatic carbocycles. The molecule has 1 heterocycles. The van der Waals surface area contributed by atoms with Crippen molar-refractivity contribution in [3.63, 3.8) is 0 Å². The van der Waals surface area contributed by atoms with Crippen LogP contribution < -0.4 is 5.32 Å². The van der Waals surface area contributed by atoms with Gasteiger partial charge in [0.05, 0.1) is 6.04 Å². The van der Waals surface area contributed by atoms with Crippen molar-refractivity contribution in [3.05, 3.63) is 51.2 Å². The van der Waals surface area contributed by atoms with Crippen LogP contribution in [0, 0.1) is 12.7 Å². The Morgan fingerprint density at radius 2 is 2.21 bits per heavy atom. The first kappa shape index (κ1) is 14.2. The van der Waals surface area contributed by atoms with Gasteiger partial charge in [-0.25, -0.2) is 9.37 Å². The minimum Gasteiger partial charge on any atom is -0.304 e. The van der Waals surface area contributed by atoms with E-state index in [2.05, 4.69) is 24.1 Å². The molecule has 0 aliphatic heterocycles. The molecule has 0 radical (unpaired) electrons. The fourth-order valence-corrected chi connectivity index (χ4v) is 2.67. The molecule has 1 atom stereocenters. The van der Waals surface area contributed by atoms with Gasteiger partial charge in [-0.1, -0.05) is 19.1 Å². The summed E-state index contributed by atoms with van der Waals surface area (Å²) in [6, 6.07) is 5.55. The van der Waals surface area contributed by atoms with Crippen LogP contribution in [0.5, 0.6) is 0 Å². The zero-order chi connectivity index (χ0) is 13.8. The molecule has 0 saturated heterocycles. The van der Waals surface area contributed by atoms with E-state index in [9.17, 15) is 4.39 Å². The van der Waals surface area contributed by atoms with E-state index >= 15 is 0 Å². The Balaban J connectivity index is 1.95. The van der Waals surface area contributed by atoms with Crippen LogP contribution in [0.2, 0.25) is 0 Å². The molecule has 1 aromatic heterocycles. The Bertz CT molecular complexity index is 551. The molecule has 2 nitrogen and oxygen atoms in total. The van der Waals surface area contributed by atoms with E-state index in [1.807, 2.05) is 18.3 Å². The first-order chi connectivity index (χ1) is 9.10. The van der Waals surface area contributed by atoms with Crippen LogP contribution in [0.3, 0.4) is 0 Å². The molecule has 1 N–H and O–H groups in total. The number of aromatic nitrogens is 1. The summed E-state index contributed by atoms with van der Waals surface area (Å²) in [7, 11) is 0. The Hall–Kier alpha value is -1.26. The van der Waals surface area contributed by atoms with Gasteiger partial charge >= 0.3 is 0 Å². The maximum atomic E-state index is 13.4. The predicted octanol–water partition coefficient (Wildman–Crippen LogP) is 4.00. The van der Waals surface area contributed by atoms with Gasteiger partial charge in [-0.2, -0.15) is 0 Å². The number of halogens is 1. The lowest BCUT2D eigenvalue weighted by molar-refractivity contribution is 0.565. The second-order valence-electron chi connectivity index (χ2n) is 4.70. The smallest absolute Gasteiger partial charge is 0.126 e. The van der Waals surface area contributed by atoms with Crippen LogP contribution in [-0.2, 0) is 13.0 Å². The van der Waals surface area contributed by atoms with Gasteiger partial charge in [-0.05, 0) is 37.5 Å². The summed E-state index contributed by atoms with van der Waals surface area (Å²) in [6.45, 7) is 6.64. The maximum absolute atomic E-state index is 13.4. The largest absolute Gasteiger partial charge is 0.304 e. The number of benzene rings is 1. The normalized spacial score (nSPS) is 12.6. The predicted molar refractivity (Wildman–Crippen MR) is 77.9 cm³/mol. The van der Waals surface area contributed by atoms with Crippen molar-refractivity contribution in [3.8, 4) is 0 Å². The van der Waals surface area contributed by atoms with E-state index in [0.717, 1.165) is 17.0 Å². The average molecular weight is 278 g/mol. The summed E-state index contributed by atoms with van der Waals surface area (Å²) < 4.78 is 13.4. The van der Waals surface area contributed by atoms with Crippen molar-refractivity contribution in [2.45, 2.75) is 39.8 Å². The van der Waals surface area contributed by atoms with Gasteiger partial charge in [0.25, 0.3) is 0 Å². The molecule has 1 aromatic carbocycles. The molecular weight excluding hydrogens is 259 g/mol. The van der Waals surface area contributed by atoms with Gasteiger partial charge in [0.1, 0.15) is 10.8 Å². The van der Waals surface area contributed by atoms with Gasteiger partial charge in [-0.3, -0.25) is 0 Å². The highest BCUT2D eigenvalue weighted by atomic mass is 32.1. The fourth-order valence-electron chi connectivity index (χ4n) is 1.79. The van der Waals surface area contributed by atoms with Crippen molar-refractivity contribution in [1.82, 2.24) is 10.3 Å². The van der Waals surface area contributed by atoms with Crippen LogP contribution in [-0.4, -0.2) is 4.98 Å². The lowest BCUT2D eigenvalue weighted by Crippen LogP contribution is -2.18. The number of nitrogens with one attached hydrogen (secondary N) is 1. The third-order valence-electron chi connectivity index (χ3n) is 3.14. The quantitative estimate of drug-likeness (QED) is 0.894. The van der Waals surface area contributed by atoms with Gasteiger partial charge in [0, 0.05) is 17.6 Å². The lowest BCUT2D eigenvalue weighted by Gasteiger charge is -2.11. The van der Waals surface area contributed by atoms with Crippen molar-refractivity contribution < 1.29 is 4.39 Å². The highest BCUT2D eigenvalue weighted by Crippen LogP contribution is 2.20. The maximum Gasteiger partial charge on any atom is 0.126 e. The Labute approximate surface area is 117 Å². The highest BCUT2D eigenvalue weighted by molar-refractivity contribution is 7.11. The number of aryl methyl sites for hydroxylation is 2. The van der Waals surface area contributed by atoms with E-state index in [-0.39, 0.29) is 11.9 Å². The zero-order valence-corrected chi connectivity index (χ0v) is 12.4. The van der Waals surface area contributed by atoms with Crippen LogP contribution >= 0.6 is 11.3 Å². The molecule has 19 heavy (non-hydrogen) atoms. The minimum absolute atomic E-state index is 0.144. The molecule has 102 valence electrons. The van der Waals surface area contributed by atoms with E-state index < -0.39 is 0 Å². The SMILES string of the molecule is CCc1cnc(C(C)NCc2ccc(C)c(F)c2)s1. The van der Waals surface area contributed by atoms with Crippen molar-refractivity contribution >= 4 is 11.3 Å². The molecule has 0 spiro atoms.